The van der Waals surface area contributed by atoms with E-state index in [1.807, 2.05) is 0 Å². The van der Waals surface area contributed by atoms with Crippen LogP contribution in [0.4, 0.5) is 5.69 Å². The maximum atomic E-state index is 12.3. The van der Waals surface area contributed by atoms with Crippen LogP contribution in [-0.2, 0) is 4.74 Å². The lowest BCUT2D eigenvalue weighted by atomic mass is 9.75. The summed E-state index contributed by atoms with van der Waals surface area (Å²) in [4.78, 5) is 12.3. The normalized spacial score (nSPS) is 25.8. The first-order valence-electron chi connectivity index (χ1n) is 7.68. The Balaban J connectivity index is 2.14. The Kier molecular flexibility index (Phi) is 4.76. The fraction of sp³-hybridized carbons (Fsp3) is 0.588. The van der Waals surface area contributed by atoms with Gasteiger partial charge in [-0.25, -0.2) is 4.79 Å². The van der Waals surface area contributed by atoms with Crippen LogP contribution < -0.4 is 5.73 Å². The van der Waals surface area contributed by atoms with E-state index in [-0.39, 0.29) is 17.4 Å². The zero-order valence-corrected chi connectivity index (χ0v) is 13.0. The molecule has 0 aromatic heterocycles. The van der Waals surface area contributed by atoms with Crippen molar-refractivity contribution in [1.29, 1.82) is 0 Å². The highest BCUT2D eigenvalue weighted by atomic mass is 16.5. The smallest absolute Gasteiger partial charge is 0.342 e. The summed E-state index contributed by atoms with van der Waals surface area (Å²) in [6.07, 6.45) is 3.07. The molecule has 4 nitrogen and oxygen atoms in total. The first-order valence-corrected chi connectivity index (χ1v) is 7.68. The number of ether oxygens (including phenoxy) is 1. The summed E-state index contributed by atoms with van der Waals surface area (Å²) in [6, 6.07) is 4.45. The van der Waals surface area contributed by atoms with Gasteiger partial charge in [-0.2, -0.15) is 0 Å². The molecule has 116 valence electrons. The summed E-state index contributed by atoms with van der Waals surface area (Å²) < 4.78 is 5.70. The molecule has 3 N–H and O–H groups in total. The Labute approximate surface area is 126 Å². The van der Waals surface area contributed by atoms with Crippen molar-refractivity contribution in [3.63, 3.8) is 0 Å². The third kappa shape index (κ3) is 3.69. The molecule has 0 radical (unpaired) electrons. The van der Waals surface area contributed by atoms with Crippen molar-refractivity contribution in [3.05, 3.63) is 23.8 Å². The highest BCUT2D eigenvalue weighted by Crippen LogP contribution is 2.36. The summed E-state index contributed by atoms with van der Waals surface area (Å²) in [7, 11) is 0. The van der Waals surface area contributed by atoms with E-state index < -0.39 is 5.97 Å². The van der Waals surface area contributed by atoms with Gasteiger partial charge in [0.05, 0.1) is 0 Å². The zero-order chi connectivity index (χ0) is 15.6. The van der Waals surface area contributed by atoms with Gasteiger partial charge < -0.3 is 15.6 Å². The molecule has 1 saturated carbocycles. The van der Waals surface area contributed by atoms with Crippen molar-refractivity contribution >= 4 is 11.7 Å². The molecule has 1 aromatic carbocycles. The fourth-order valence-electron chi connectivity index (χ4n) is 3.17. The van der Waals surface area contributed by atoms with Crippen molar-refractivity contribution < 1.29 is 14.6 Å². The van der Waals surface area contributed by atoms with Crippen molar-refractivity contribution in [2.24, 2.45) is 17.8 Å². The van der Waals surface area contributed by atoms with E-state index in [9.17, 15) is 9.90 Å². The molecule has 2 rings (SSSR count). The number of phenolic OH excluding ortho intramolecular Hbond substituents is 1. The maximum absolute atomic E-state index is 12.3. The van der Waals surface area contributed by atoms with Gasteiger partial charge in [0, 0.05) is 5.69 Å². The van der Waals surface area contributed by atoms with Crippen molar-refractivity contribution in [1.82, 2.24) is 0 Å². The molecule has 1 aromatic rings. The number of benzene rings is 1. The molecule has 1 aliphatic carbocycles. The molecule has 0 aliphatic heterocycles. The second kappa shape index (κ2) is 6.37. The molecule has 1 aliphatic rings. The standard InChI is InChI=1S/C17H25NO3/c1-10(2)13-6-4-11(3)8-16(13)21-17(20)14-9-12(18)5-7-15(14)19/h5,7,9-11,13,16,19H,4,6,8,18H2,1-3H3. The van der Waals surface area contributed by atoms with E-state index in [0.29, 0.717) is 23.4 Å². The van der Waals surface area contributed by atoms with E-state index in [1.54, 1.807) is 6.07 Å². The van der Waals surface area contributed by atoms with Crippen LogP contribution in [0.5, 0.6) is 5.75 Å². The molecule has 1 fully saturated rings. The largest absolute Gasteiger partial charge is 0.507 e. The van der Waals surface area contributed by atoms with Gasteiger partial charge in [-0.05, 0) is 48.8 Å². The van der Waals surface area contributed by atoms with Gasteiger partial charge in [0.25, 0.3) is 0 Å². The average Bonchev–Trinajstić information content (AvgIpc) is 2.41. The summed E-state index contributed by atoms with van der Waals surface area (Å²) in [5, 5.41) is 9.81. The van der Waals surface area contributed by atoms with Crippen LogP contribution in [-0.4, -0.2) is 17.2 Å². The molecule has 3 atom stereocenters. The molecule has 3 unspecified atom stereocenters. The van der Waals surface area contributed by atoms with Crippen LogP contribution in [0.3, 0.4) is 0 Å². The number of esters is 1. The molecule has 0 amide bonds. The van der Waals surface area contributed by atoms with Gasteiger partial charge in [0.15, 0.2) is 0 Å². The predicted octanol–water partition coefficient (Wildman–Crippen LogP) is 3.59. The zero-order valence-electron chi connectivity index (χ0n) is 13.0. The van der Waals surface area contributed by atoms with Gasteiger partial charge in [-0.3, -0.25) is 0 Å². The minimum atomic E-state index is -0.482. The minimum Gasteiger partial charge on any atom is -0.507 e. The van der Waals surface area contributed by atoms with Crippen LogP contribution in [0.2, 0.25) is 0 Å². The predicted molar refractivity (Wildman–Crippen MR) is 83.1 cm³/mol. The van der Waals surface area contributed by atoms with E-state index in [2.05, 4.69) is 20.8 Å². The van der Waals surface area contributed by atoms with Gasteiger partial charge in [0.1, 0.15) is 17.4 Å². The van der Waals surface area contributed by atoms with Gasteiger partial charge >= 0.3 is 5.97 Å². The minimum absolute atomic E-state index is 0.0814. The number of nitrogens with two attached hydrogens (primary N) is 1. The lowest BCUT2D eigenvalue weighted by Gasteiger charge is -2.36. The number of carbonyl (C=O) groups excluding carboxylic acids is 1. The Morgan fingerprint density at radius 1 is 1.38 bits per heavy atom. The summed E-state index contributed by atoms with van der Waals surface area (Å²) in [6.45, 7) is 6.52. The molecule has 0 bridgehead atoms. The lowest BCUT2D eigenvalue weighted by Crippen LogP contribution is -2.35. The molecule has 0 saturated heterocycles. The van der Waals surface area contributed by atoms with Gasteiger partial charge in [-0.1, -0.05) is 27.2 Å². The number of hydrogen-bond acceptors (Lipinski definition) is 4. The number of aromatic hydroxyl groups is 1. The van der Waals surface area contributed by atoms with E-state index in [1.165, 1.54) is 18.6 Å². The summed E-state index contributed by atoms with van der Waals surface area (Å²) >= 11 is 0. The fourth-order valence-corrected chi connectivity index (χ4v) is 3.17. The number of phenols is 1. The first-order chi connectivity index (χ1) is 9.88. The van der Waals surface area contributed by atoms with Crippen molar-refractivity contribution in [3.8, 4) is 5.75 Å². The number of nitrogen functional groups attached to an aromatic ring is 1. The van der Waals surface area contributed by atoms with Crippen LogP contribution in [0.1, 0.15) is 50.4 Å². The van der Waals surface area contributed by atoms with Crippen LogP contribution in [0.15, 0.2) is 18.2 Å². The van der Waals surface area contributed by atoms with Crippen LogP contribution >= 0.6 is 0 Å². The number of carbonyl (C=O) groups is 1. The number of rotatable bonds is 3. The van der Waals surface area contributed by atoms with Crippen molar-refractivity contribution in [2.45, 2.75) is 46.1 Å². The first kappa shape index (κ1) is 15.7. The molecule has 4 heteroatoms. The molecule has 0 spiro atoms. The van der Waals surface area contributed by atoms with Crippen LogP contribution in [0.25, 0.3) is 0 Å². The highest BCUT2D eigenvalue weighted by Gasteiger charge is 2.34. The Bertz CT molecular complexity index is 513. The summed E-state index contributed by atoms with van der Waals surface area (Å²) in [5.74, 6) is 0.856. The van der Waals surface area contributed by atoms with Gasteiger partial charge in [-0.15, -0.1) is 0 Å². The summed E-state index contributed by atoms with van der Waals surface area (Å²) in [5.41, 5.74) is 6.27. The van der Waals surface area contributed by atoms with Crippen molar-refractivity contribution in [2.75, 3.05) is 5.73 Å². The van der Waals surface area contributed by atoms with E-state index >= 15 is 0 Å². The Hall–Kier alpha value is -1.71. The second-order valence-electron chi connectivity index (χ2n) is 6.55. The van der Waals surface area contributed by atoms with Gasteiger partial charge in [0.2, 0.25) is 0 Å². The highest BCUT2D eigenvalue weighted by molar-refractivity contribution is 5.93. The topological polar surface area (TPSA) is 72.5 Å². The third-order valence-electron chi connectivity index (χ3n) is 4.46. The number of hydrogen-bond donors (Lipinski definition) is 2. The molecular formula is C17H25NO3. The van der Waals surface area contributed by atoms with E-state index in [0.717, 1.165) is 12.8 Å². The quantitative estimate of drug-likeness (QED) is 0.507. The Morgan fingerprint density at radius 3 is 2.76 bits per heavy atom. The SMILES string of the molecule is CC1CCC(C(C)C)C(OC(=O)c2cc(N)ccc2O)C1. The number of anilines is 1. The lowest BCUT2D eigenvalue weighted by molar-refractivity contribution is -0.0175. The molecule has 0 heterocycles. The average molecular weight is 291 g/mol. The molecule has 21 heavy (non-hydrogen) atoms. The van der Waals surface area contributed by atoms with E-state index in [4.69, 9.17) is 10.5 Å². The monoisotopic (exact) mass is 291 g/mol. The third-order valence-corrected chi connectivity index (χ3v) is 4.46. The second-order valence-corrected chi connectivity index (χ2v) is 6.55. The Morgan fingerprint density at radius 2 is 2.10 bits per heavy atom. The maximum Gasteiger partial charge on any atom is 0.342 e. The molecular weight excluding hydrogens is 266 g/mol. The van der Waals surface area contributed by atoms with Crippen LogP contribution in [0, 0.1) is 17.8 Å².